The van der Waals surface area contributed by atoms with Gasteiger partial charge in [0.1, 0.15) is 0 Å². The predicted molar refractivity (Wildman–Crippen MR) is 64.5 cm³/mol. The molecule has 0 saturated heterocycles. The lowest BCUT2D eigenvalue weighted by atomic mass is 10.1. The zero-order valence-corrected chi connectivity index (χ0v) is 10.3. The van der Waals surface area contributed by atoms with Gasteiger partial charge in [0, 0.05) is 12.6 Å². The summed E-state index contributed by atoms with van der Waals surface area (Å²) in [5.74, 6) is -3.24. The van der Waals surface area contributed by atoms with Gasteiger partial charge in [-0.1, -0.05) is 6.92 Å². The van der Waals surface area contributed by atoms with Crippen LogP contribution in [0.15, 0.2) is 12.1 Å². The maximum Gasteiger partial charge on any atom is 0.340 e. The molecule has 1 rings (SSSR count). The lowest BCUT2D eigenvalue weighted by Crippen LogP contribution is -2.28. The molecule has 1 atom stereocenters. The van der Waals surface area contributed by atoms with Gasteiger partial charge >= 0.3 is 5.97 Å². The van der Waals surface area contributed by atoms with Crippen LogP contribution in [0, 0.1) is 11.6 Å². The number of carbonyl (C=O) groups excluding carboxylic acids is 1. The van der Waals surface area contributed by atoms with Crippen LogP contribution in [0.3, 0.4) is 0 Å². The van der Waals surface area contributed by atoms with Crippen molar-refractivity contribution in [1.29, 1.82) is 0 Å². The molecular formula is C12H16F2N2O2. The van der Waals surface area contributed by atoms with E-state index >= 15 is 0 Å². The van der Waals surface area contributed by atoms with Crippen molar-refractivity contribution < 1.29 is 18.3 Å². The molecule has 100 valence electrons. The monoisotopic (exact) mass is 258 g/mol. The molecule has 0 bridgehead atoms. The summed E-state index contributed by atoms with van der Waals surface area (Å²) in [4.78, 5) is 11.2. The second-order valence-corrected chi connectivity index (χ2v) is 3.77. The fourth-order valence-corrected chi connectivity index (χ4v) is 1.48. The van der Waals surface area contributed by atoms with Crippen molar-refractivity contribution in [3.05, 3.63) is 29.3 Å². The standard InChI is InChI=1S/C12H16F2N2O2/c1-3-7(6-15)16-9-5-4-8(12(17)18-2)10(13)11(9)14/h4-5,7,16H,3,6,15H2,1-2H3. The summed E-state index contributed by atoms with van der Waals surface area (Å²) in [5.41, 5.74) is 5.02. The number of anilines is 1. The van der Waals surface area contributed by atoms with E-state index in [9.17, 15) is 13.6 Å². The number of benzene rings is 1. The van der Waals surface area contributed by atoms with E-state index in [0.717, 1.165) is 7.11 Å². The number of halogens is 2. The van der Waals surface area contributed by atoms with E-state index in [4.69, 9.17) is 5.73 Å². The van der Waals surface area contributed by atoms with Crippen molar-refractivity contribution in [3.63, 3.8) is 0 Å². The van der Waals surface area contributed by atoms with Crippen LogP contribution in [0.2, 0.25) is 0 Å². The third-order valence-corrected chi connectivity index (χ3v) is 2.62. The van der Waals surface area contributed by atoms with Gasteiger partial charge in [-0.05, 0) is 18.6 Å². The topological polar surface area (TPSA) is 64.3 Å². The number of methoxy groups -OCH3 is 1. The van der Waals surface area contributed by atoms with Crippen molar-refractivity contribution in [1.82, 2.24) is 0 Å². The second-order valence-electron chi connectivity index (χ2n) is 3.77. The summed E-state index contributed by atoms with van der Waals surface area (Å²) < 4.78 is 31.7. The Bertz CT molecular complexity index is 434. The smallest absolute Gasteiger partial charge is 0.340 e. The number of carbonyl (C=O) groups is 1. The van der Waals surface area contributed by atoms with Gasteiger partial charge in [-0.25, -0.2) is 13.6 Å². The molecule has 0 aliphatic heterocycles. The van der Waals surface area contributed by atoms with Crippen molar-refractivity contribution >= 4 is 11.7 Å². The Morgan fingerprint density at radius 1 is 1.44 bits per heavy atom. The molecule has 0 heterocycles. The van der Waals surface area contributed by atoms with Crippen LogP contribution in [0.1, 0.15) is 23.7 Å². The van der Waals surface area contributed by atoms with Gasteiger partial charge in [-0.3, -0.25) is 0 Å². The third kappa shape index (κ3) is 2.95. The number of nitrogens with two attached hydrogens (primary N) is 1. The third-order valence-electron chi connectivity index (χ3n) is 2.62. The predicted octanol–water partition coefficient (Wildman–Crippen LogP) is 1.90. The number of ether oxygens (including phenoxy) is 1. The summed E-state index contributed by atoms with van der Waals surface area (Å²) in [6.07, 6.45) is 0.677. The molecule has 18 heavy (non-hydrogen) atoms. The number of nitrogens with one attached hydrogen (secondary N) is 1. The van der Waals surface area contributed by atoms with Gasteiger partial charge in [0.25, 0.3) is 0 Å². The molecule has 0 fully saturated rings. The van der Waals surface area contributed by atoms with Crippen molar-refractivity contribution in [3.8, 4) is 0 Å². The van der Waals surface area contributed by atoms with E-state index < -0.39 is 23.2 Å². The van der Waals surface area contributed by atoms with Gasteiger partial charge < -0.3 is 15.8 Å². The molecule has 0 amide bonds. The van der Waals surface area contributed by atoms with Gasteiger partial charge in [-0.2, -0.15) is 0 Å². The minimum Gasteiger partial charge on any atom is -0.465 e. The van der Waals surface area contributed by atoms with Gasteiger partial charge in [0.15, 0.2) is 11.6 Å². The van der Waals surface area contributed by atoms with Gasteiger partial charge in [-0.15, -0.1) is 0 Å². The lowest BCUT2D eigenvalue weighted by molar-refractivity contribution is 0.0594. The molecule has 6 heteroatoms. The quantitative estimate of drug-likeness (QED) is 0.792. The minimum absolute atomic E-state index is 0.0162. The van der Waals surface area contributed by atoms with E-state index in [1.165, 1.54) is 12.1 Å². The van der Waals surface area contributed by atoms with Crippen LogP contribution in [-0.2, 0) is 4.74 Å². The van der Waals surface area contributed by atoms with E-state index in [1.807, 2.05) is 6.92 Å². The lowest BCUT2D eigenvalue weighted by Gasteiger charge is -2.17. The highest BCUT2D eigenvalue weighted by Gasteiger charge is 2.19. The Hall–Kier alpha value is -1.69. The van der Waals surface area contributed by atoms with Gasteiger partial charge in [0.05, 0.1) is 18.4 Å². The van der Waals surface area contributed by atoms with E-state index in [1.54, 1.807) is 0 Å². The Kier molecular flexibility index (Phi) is 5.03. The van der Waals surface area contributed by atoms with Crippen molar-refractivity contribution in [2.75, 3.05) is 19.0 Å². The average Bonchev–Trinajstić information content (AvgIpc) is 2.39. The van der Waals surface area contributed by atoms with Crippen molar-refractivity contribution in [2.45, 2.75) is 19.4 Å². The zero-order valence-electron chi connectivity index (χ0n) is 10.3. The summed E-state index contributed by atoms with van der Waals surface area (Å²) in [6.45, 7) is 2.18. The molecule has 0 saturated carbocycles. The van der Waals surface area contributed by atoms with Crippen molar-refractivity contribution in [2.24, 2.45) is 5.73 Å². The van der Waals surface area contributed by atoms with Crippen LogP contribution in [0.4, 0.5) is 14.5 Å². The molecule has 0 aliphatic carbocycles. The molecule has 0 radical (unpaired) electrons. The van der Waals surface area contributed by atoms with Crippen LogP contribution in [-0.4, -0.2) is 25.7 Å². The summed E-state index contributed by atoms with van der Waals surface area (Å²) in [7, 11) is 1.10. The Morgan fingerprint density at radius 2 is 2.11 bits per heavy atom. The summed E-state index contributed by atoms with van der Waals surface area (Å²) in [6, 6.07) is 2.32. The van der Waals surface area contributed by atoms with Crippen LogP contribution in [0.5, 0.6) is 0 Å². The molecule has 1 aromatic rings. The first-order valence-corrected chi connectivity index (χ1v) is 5.58. The maximum absolute atomic E-state index is 13.7. The molecule has 0 spiro atoms. The highest BCUT2D eigenvalue weighted by atomic mass is 19.2. The molecule has 0 aromatic heterocycles. The molecule has 0 aliphatic rings. The van der Waals surface area contributed by atoms with E-state index in [-0.39, 0.29) is 11.7 Å². The molecule has 4 nitrogen and oxygen atoms in total. The van der Waals surface area contributed by atoms with E-state index in [0.29, 0.717) is 13.0 Å². The highest BCUT2D eigenvalue weighted by Crippen LogP contribution is 2.22. The summed E-state index contributed by atoms with van der Waals surface area (Å²) >= 11 is 0. The number of hydrogen-bond acceptors (Lipinski definition) is 4. The number of hydrogen-bond donors (Lipinski definition) is 2. The minimum atomic E-state index is -1.22. The SMILES string of the molecule is CCC(CN)Nc1ccc(C(=O)OC)c(F)c1F. The Morgan fingerprint density at radius 3 is 2.61 bits per heavy atom. The molecule has 1 aromatic carbocycles. The fourth-order valence-electron chi connectivity index (χ4n) is 1.48. The Labute approximate surface area is 104 Å². The van der Waals surface area contributed by atoms with Crippen LogP contribution >= 0.6 is 0 Å². The average molecular weight is 258 g/mol. The molecule has 3 N–H and O–H groups in total. The number of rotatable bonds is 5. The maximum atomic E-state index is 13.7. The first-order chi connectivity index (χ1) is 8.54. The normalized spacial score (nSPS) is 12.1. The zero-order chi connectivity index (χ0) is 13.7. The first kappa shape index (κ1) is 14.4. The Balaban J connectivity index is 3.04. The largest absolute Gasteiger partial charge is 0.465 e. The second kappa shape index (κ2) is 6.30. The molecule has 1 unspecified atom stereocenters. The van der Waals surface area contributed by atoms with E-state index in [2.05, 4.69) is 10.1 Å². The highest BCUT2D eigenvalue weighted by molar-refractivity contribution is 5.90. The number of esters is 1. The van der Waals surface area contributed by atoms with Crippen LogP contribution in [0.25, 0.3) is 0 Å². The van der Waals surface area contributed by atoms with Gasteiger partial charge in [0.2, 0.25) is 0 Å². The first-order valence-electron chi connectivity index (χ1n) is 5.58. The van der Waals surface area contributed by atoms with Crippen LogP contribution < -0.4 is 11.1 Å². The summed E-state index contributed by atoms with van der Waals surface area (Å²) in [5, 5.41) is 2.78. The fraction of sp³-hybridized carbons (Fsp3) is 0.417. The molecular weight excluding hydrogens is 242 g/mol.